The summed E-state index contributed by atoms with van der Waals surface area (Å²) in [7, 11) is 0. The van der Waals surface area contributed by atoms with Gasteiger partial charge in [0.15, 0.2) is 0 Å². The Kier molecular flexibility index (Phi) is 6.98. The molecular formula is C19H15Cl4N3O4. The summed E-state index contributed by atoms with van der Waals surface area (Å²) in [6.45, 7) is 0.146. The van der Waals surface area contributed by atoms with E-state index in [0.717, 1.165) is 0 Å². The van der Waals surface area contributed by atoms with Gasteiger partial charge in [0.25, 0.3) is 5.91 Å². The minimum absolute atomic E-state index is 0.0290. The van der Waals surface area contributed by atoms with Crippen LogP contribution in [0.2, 0.25) is 20.1 Å². The second-order valence-electron chi connectivity index (χ2n) is 6.48. The number of para-hydroxylation sites is 1. The monoisotopic (exact) mass is 489 g/mol. The van der Waals surface area contributed by atoms with Crippen LogP contribution in [0.25, 0.3) is 0 Å². The molecule has 0 aromatic heterocycles. The number of halogens is 4. The summed E-state index contributed by atoms with van der Waals surface area (Å²) in [5, 5.41) is 15.4. The summed E-state index contributed by atoms with van der Waals surface area (Å²) in [4.78, 5) is 38.1. The first-order chi connectivity index (χ1) is 14.2. The maximum Gasteiger partial charge on any atom is 0.326 e. The quantitative estimate of drug-likeness (QED) is 0.556. The minimum atomic E-state index is -1.33. The zero-order valence-corrected chi connectivity index (χ0v) is 18.2. The van der Waals surface area contributed by atoms with Crippen LogP contribution < -0.4 is 15.5 Å². The van der Waals surface area contributed by atoms with Crippen molar-refractivity contribution >= 4 is 70.0 Å². The standard InChI is InChI=1S/C19H15Cl4N3O4/c20-10-3-1-4-11(21)15(10)17(27)25-14(18(28)29)7-9-8-24-19(30)26(9)16-12(22)5-2-6-13(16)23/h1-6,9,14H,7-8H2,(H,24,30)(H,25,27)(H,28,29). The third-order valence-corrected chi connectivity index (χ3v) is 5.79. The lowest BCUT2D eigenvalue weighted by Crippen LogP contribution is -2.46. The molecule has 1 fully saturated rings. The number of carboxylic acid groups (broad SMARTS) is 1. The number of aliphatic carboxylic acids is 1. The van der Waals surface area contributed by atoms with Gasteiger partial charge in [0.1, 0.15) is 6.04 Å². The molecule has 1 aliphatic rings. The van der Waals surface area contributed by atoms with Crippen LogP contribution in [0.3, 0.4) is 0 Å². The molecule has 1 saturated heterocycles. The third-order valence-electron chi connectivity index (χ3n) is 4.55. The topological polar surface area (TPSA) is 98.7 Å². The summed E-state index contributed by atoms with van der Waals surface area (Å²) in [5.74, 6) is -2.02. The Labute approximate surface area is 191 Å². The average Bonchev–Trinajstić information content (AvgIpc) is 3.01. The number of hydrogen-bond donors (Lipinski definition) is 3. The molecule has 0 aliphatic carbocycles. The lowest BCUT2D eigenvalue weighted by molar-refractivity contribution is -0.139. The molecule has 2 unspecified atom stereocenters. The van der Waals surface area contributed by atoms with Crippen molar-refractivity contribution < 1.29 is 19.5 Å². The predicted octanol–water partition coefficient (Wildman–Crippen LogP) is 4.47. The number of carboxylic acids is 1. The molecule has 0 radical (unpaired) electrons. The number of benzene rings is 2. The summed E-state index contributed by atoms with van der Waals surface area (Å²) < 4.78 is 0. The van der Waals surface area contributed by atoms with E-state index in [2.05, 4.69) is 10.6 Å². The molecular weight excluding hydrogens is 476 g/mol. The number of carbonyl (C=O) groups excluding carboxylic acids is 2. The number of anilines is 1. The summed E-state index contributed by atoms with van der Waals surface area (Å²) >= 11 is 24.5. The van der Waals surface area contributed by atoms with Crippen molar-refractivity contribution in [2.24, 2.45) is 0 Å². The fraction of sp³-hybridized carbons (Fsp3) is 0.211. The molecule has 0 spiro atoms. The Balaban J connectivity index is 1.85. The Hall–Kier alpha value is -2.19. The van der Waals surface area contributed by atoms with Gasteiger partial charge in [0, 0.05) is 13.0 Å². The largest absolute Gasteiger partial charge is 0.480 e. The zero-order valence-electron chi connectivity index (χ0n) is 15.2. The van der Waals surface area contributed by atoms with E-state index in [1.165, 1.54) is 17.0 Å². The van der Waals surface area contributed by atoms with Gasteiger partial charge >= 0.3 is 12.0 Å². The van der Waals surface area contributed by atoms with Gasteiger partial charge in [-0.3, -0.25) is 9.69 Å². The van der Waals surface area contributed by atoms with Crippen molar-refractivity contribution in [3.8, 4) is 0 Å². The van der Waals surface area contributed by atoms with Gasteiger partial charge in [-0.2, -0.15) is 0 Å². The van der Waals surface area contributed by atoms with E-state index >= 15 is 0 Å². The highest BCUT2D eigenvalue weighted by molar-refractivity contribution is 6.40. The highest BCUT2D eigenvalue weighted by atomic mass is 35.5. The number of rotatable bonds is 6. The molecule has 3 amide bonds. The Morgan fingerprint density at radius 2 is 1.60 bits per heavy atom. The number of urea groups is 1. The van der Waals surface area contributed by atoms with Crippen LogP contribution in [0.5, 0.6) is 0 Å². The van der Waals surface area contributed by atoms with Gasteiger partial charge in [-0.25, -0.2) is 9.59 Å². The van der Waals surface area contributed by atoms with Gasteiger partial charge in [-0.05, 0) is 24.3 Å². The summed E-state index contributed by atoms with van der Waals surface area (Å²) in [5.41, 5.74) is 0.240. The van der Waals surface area contributed by atoms with E-state index in [0.29, 0.717) is 0 Å². The zero-order chi connectivity index (χ0) is 22.0. The van der Waals surface area contributed by atoms with Crippen molar-refractivity contribution in [3.05, 3.63) is 62.1 Å². The lowest BCUT2D eigenvalue weighted by atomic mass is 10.0. The van der Waals surface area contributed by atoms with Gasteiger partial charge in [-0.1, -0.05) is 58.5 Å². The molecule has 0 saturated carbocycles. The van der Waals surface area contributed by atoms with Crippen molar-refractivity contribution in [2.75, 3.05) is 11.4 Å². The highest BCUT2D eigenvalue weighted by Gasteiger charge is 2.38. The first-order valence-electron chi connectivity index (χ1n) is 8.69. The molecule has 3 N–H and O–H groups in total. The molecule has 30 heavy (non-hydrogen) atoms. The number of amides is 3. The summed E-state index contributed by atoms with van der Waals surface area (Å²) in [6.07, 6.45) is -0.108. The van der Waals surface area contributed by atoms with Gasteiger partial charge < -0.3 is 15.7 Å². The number of hydrogen-bond acceptors (Lipinski definition) is 3. The SMILES string of the molecule is O=C(NC(CC1CNC(=O)N1c1c(Cl)cccc1Cl)C(=O)O)c1c(Cl)cccc1Cl. The Bertz CT molecular complexity index is 977. The molecule has 2 atom stereocenters. The molecule has 3 rings (SSSR count). The van der Waals surface area contributed by atoms with Crippen LogP contribution in [-0.2, 0) is 4.79 Å². The molecule has 11 heteroatoms. The van der Waals surface area contributed by atoms with Crippen molar-refractivity contribution in [3.63, 3.8) is 0 Å². The van der Waals surface area contributed by atoms with Gasteiger partial charge in [-0.15, -0.1) is 0 Å². The average molecular weight is 491 g/mol. The molecule has 2 aromatic rings. The number of nitrogens with zero attached hydrogens (tertiary/aromatic N) is 1. The second kappa shape index (κ2) is 9.31. The maximum absolute atomic E-state index is 12.6. The lowest BCUT2D eigenvalue weighted by Gasteiger charge is -2.27. The van der Waals surface area contributed by atoms with E-state index in [9.17, 15) is 19.5 Å². The Morgan fingerprint density at radius 1 is 1.07 bits per heavy atom. The molecule has 2 aromatic carbocycles. The predicted molar refractivity (Wildman–Crippen MR) is 116 cm³/mol. The van der Waals surface area contributed by atoms with Crippen molar-refractivity contribution in [1.29, 1.82) is 0 Å². The van der Waals surface area contributed by atoms with E-state index in [4.69, 9.17) is 46.4 Å². The summed E-state index contributed by atoms with van der Waals surface area (Å²) in [6, 6.07) is 6.85. The van der Waals surface area contributed by atoms with E-state index in [-0.39, 0.29) is 44.3 Å². The van der Waals surface area contributed by atoms with Gasteiger partial charge in [0.05, 0.1) is 37.4 Å². The first kappa shape index (κ1) is 22.5. The minimum Gasteiger partial charge on any atom is -0.480 e. The maximum atomic E-state index is 12.6. The molecule has 158 valence electrons. The third kappa shape index (κ3) is 4.59. The van der Waals surface area contributed by atoms with Crippen LogP contribution in [0.15, 0.2) is 36.4 Å². The van der Waals surface area contributed by atoms with Crippen molar-refractivity contribution in [1.82, 2.24) is 10.6 Å². The smallest absolute Gasteiger partial charge is 0.326 e. The van der Waals surface area contributed by atoms with E-state index < -0.39 is 30.0 Å². The van der Waals surface area contributed by atoms with Crippen LogP contribution >= 0.6 is 46.4 Å². The number of carbonyl (C=O) groups is 3. The molecule has 1 heterocycles. The normalized spacial score (nSPS) is 16.9. The van der Waals surface area contributed by atoms with Gasteiger partial charge in [0.2, 0.25) is 0 Å². The Morgan fingerprint density at radius 3 is 2.13 bits per heavy atom. The van der Waals surface area contributed by atoms with Crippen LogP contribution in [0, 0.1) is 0 Å². The molecule has 7 nitrogen and oxygen atoms in total. The van der Waals surface area contributed by atoms with Crippen LogP contribution in [-0.4, -0.2) is 41.6 Å². The van der Waals surface area contributed by atoms with E-state index in [1.54, 1.807) is 24.3 Å². The van der Waals surface area contributed by atoms with Crippen LogP contribution in [0.1, 0.15) is 16.8 Å². The molecule has 0 bridgehead atoms. The van der Waals surface area contributed by atoms with E-state index in [1.807, 2.05) is 0 Å². The van der Waals surface area contributed by atoms with Crippen LogP contribution in [0.4, 0.5) is 10.5 Å². The fourth-order valence-corrected chi connectivity index (χ4v) is 4.33. The second-order valence-corrected chi connectivity index (χ2v) is 8.11. The highest BCUT2D eigenvalue weighted by Crippen LogP contribution is 2.36. The fourth-order valence-electron chi connectivity index (χ4n) is 3.18. The first-order valence-corrected chi connectivity index (χ1v) is 10.2. The molecule has 1 aliphatic heterocycles. The van der Waals surface area contributed by atoms with Crippen molar-refractivity contribution in [2.45, 2.75) is 18.5 Å². The number of nitrogens with one attached hydrogen (secondary N) is 2.